The lowest BCUT2D eigenvalue weighted by atomic mass is 9.88. The zero-order valence-electron chi connectivity index (χ0n) is 21.9. The Kier molecular flexibility index (Phi) is 17.4. The molecule has 0 saturated heterocycles. The van der Waals surface area contributed by atoms with Crippen LogP contribution in [0.5, 0.6) is 0 Å². The van der Waals surface area contributed by atoms with Gasteiger partial charge < -0.3 is 20.0 Å². The van der Waals surface area contributed by atoms with Crippen LogP contribution in [0.2, 0.25) is 0 Å². The first kappa shape index (κ1) is 41.2. The first-order valence-corrected chi connectivity index (χ1v) is 11.7. The Morgan fingerprint density at radius 3 is 0.711 bits per heavy atom. The number of hydrogen-bond donors (Lipinski definition) is 2. The average Bonchev–Trinajstić information content (AvgIpc) is 2.74. The first-order valence-electron chi connectivity index (χ1n) is 11.7. The van der Waals surface area contributed by atoms with E-state index in [1.54, 1.807) is 9.80 Å². The van der Waals surface area contributed by atoms with E-state index in [9.17, 15) is 67.7 Å². The van der Waals surface area contributed by atoms with Crippen LogP contribution in [0.3, 0.4) is 0 Å². The van der Waals surface area contributed by atoms with Crippen molar-refractivity contribution in [1.29, 1.82) is 0 Å². The van der Waals surface area contributed by atoms with Gasteiger partial charge in [-0.3, -0.25) is 4.79 Å². The van der Waals surface area contributed by atoms with E-state index < -0.39 is 54.5 Å². The topological polar surface area (TPSA) is 72.1 Å². The maximum Gasteiger partial charge on any atom is 0.388 e. The van der Waals surface area contributed by atoms with Crippen molar-refractivity contribution in [1.82, 2.24) is 0 Å². The second kappa shape index (κ2) is 16.1. The van der Waals surface area contributed by atoms with E-state index in [0.717, 1.165) is 0 Å². The van der Waals surface area contributed by atoms with Crippen molar-refractivity contribution < 1.29 is 77.5 Å². The summed E-state index contributed by atoms with van der Waals surface area (Å²) in [6.07, 6.45) is -33.7. The SMILES string of the molecule is CC[NH+](CC)CC.CC[NH+](CC)CC.O=C(CC([O-])(C(F)(F)F)C(F)(F)F)CC([O-])(C(F)(F)F)C(F)(F)F. The van der Waals surface area contributed by atoms with E-state index in [1.165, 1.54) is 39.3 Å². The van der Waals surface area contributed by atoms with Gasteiger partial charge >= 0.3 is 24.7 Å². The van der Waals surface area contributed by atoms with Gasteiger partial charge in [0, 0.05) is 12.8 Å². The lowest BCUT2D eigenvalue weighted by Crippen LogP contribution is -3.11. The van der Waals surface area contributed by atoms with Crippen molar-refractivity contribution in [3.05, 3.63) is 0 Å². The molecule has 0 aromatic rings. The molecule has 0 bridgehead atoms. The van der Waals surface area contributed by atoms with Gasteiger partial charge in [0.1, 0.15) is 5.78 Å². The molecule has 0 fully saturated rings. The second-order valence-corrected chi connectivity index (χ2v) is 8.16. The van der Waals surface area contributed by atoms with Crippen molar-refractivity contribution in [3.63, 3.8) is 0 Å². The van der Waals surface area contributed by atoms with Crippen LogP contribution in [0.1, 0.15) is 54.4 Å². The van der Waals surface area contributed by atoms with Crippen molar-refractivity contribution in [2.75, 3.05) is 39.3 Å². The van der Waals surface area contributed by atoms with Crippen LogP contribution in [0.25, 0.3) is 0 Å². The van der Waals surface area contributed by atoms with Crippen LogP contribution < -0.4 is 20.0 Å². The molecule has 0 amide bonds. The number of halogens is 12. The van der Waals surface area contributed by atoms with Gasteiger partial charge in [0.25, 0.3) is 0 Å². The third kappa shape index (κ3) is 12.2. The first-order chi connectivity index (χ1) is 16.8. The standard InChI is InChI=1S/C9H4F12O3.2C6H15N/c10-6(11,12)4(23,7(13,14)15)1-3(22)2-5(24,8(16,17)18)9(19,20)21;2*1-4-7(5-2)6-3/h1-2H2;2*4-6H2,1-3H3/q-2;;/p+2. The monoisotopic (exact) mass is 592 g/mol. The normalized spacial score (nSPS) is 13.6. The number of carbonyl (C=O) groups is 1. The number of quaternary nitrogens is 2. The summed E-state index contributed by atoms with van der Waals surface area (Å²) in [6.45, 7) is 21.0. The van der Waals surface area contributed by atoms with Crippen molar-refractivity contribution in [3.8, 4) is 0 Å². The highest BCUT2D eigenvalue weighted by atomic mass is 19.4. The number of carbonyl (C=O) groups excluding carboxylic acids is 1. The number of alkyl halides is 12. The minimum Gasteiger partial charge on any atom is -0.836 e. The van der Waals surface area contributed by atoms with Crippen LogP contribution in [0.15, 0.2) is 0 Å². The van der Waals surface area contributed by atoms with E-state index in [2.05, 4.69) is 41.5 Å². The summed E-state index contributed by atoms with van der Waals surface area (Å²) in [5.74, 6) is -3.09. The third-order valence-electron chi connectivity index (χ3n) is 5.72. The molecule has 0 aliphatic carbocycles. The Morgan fingerprint density at radius 1 is 0.474 bits per heavy atom. The molecule has 17 heteroatoms. The summed E-state index contributed by atoms with van der Waals surface area (Å²) in [4.78, 5) is 14.2. The number of ketones is 1. The quantitative estimate of drug-likeness (QED) is 0.380. The minimum absolute atomic E-state index is 1.27. The van der Waals surface area contributed by atoms with E-state index in [0.29, 0.717) is 0 Å². The molecule has 0 saturated carbocycles. The molecule has 0 rings (SSSR count). The Hall–Kier alpha value is -1.33. The lowest BCUT2D eigenvalue weighted by Gasteiger charge is -2.45. The van der Waals surface area contributed by atoms with Crippen LogP contribution in [0, 0.1) is 0 Å². The molecular weight excluding hydrogens is 556 g/mol. The molecule has 0 unspecified atom stereocenters. The fourth-order valence-corrected chi connectivity index (χ4v) is 2.84. The summed E-state index contributed by atoms with van der Waals surface area (Å²) >= 11 is 0. The molecule has 0 atom stereocenters. The highest BCUT2D eigenvalue weighted by molar-refractivity contribution is 5.81. The fourth-order valence-electron chi connectivity index (χ4n) is 2.84. The van der Waals surface area contributed by atoms with Crippen molar-refractivity contribution in [2.24, 2.45) is 0 Å². The van der Waals surface area contributed by atoms with Crippen molar-refractivity contribution >= 4 is 5.78 Å². The molecular formula is C21H36F12N2O3. The molecule has 2 N–H and O–H groups in total. The van der Waals surface area contributed by atoms with E-state index in [4.69, 9.17) is 0 Å². The smallest absolute Gasteiger partial charge is 0.388 e. The summed E-state index contributed by atoms with van der Waals surface area (Å²) in [5.41, 5.74) is -12.3. The van der Waals surface area contributed by atoms with Crippen molar-refractivity contribution in [2.45, 2.75) is 90.3 Å². The summed E-state index contributed by atoms with van der Waals surface area (Å²) in [5, 5.41) is 21.6. The second-order valence-electron chi connectivity index (χ2n) is 8.16. The predicted molar refractivity (Wildman–Crippen MR) is 109 cm³/mol. The molecule has 0 aromatic carbocycles. The Bertz CT molecular complexity index is 561. The zero-order chi connectivity index (χ0) is 31.4. The number of nitrogens with one attached hydrogen (secondary N) is 2. The van der Waals surface area contributed by atoms with E-state index in [-0.39, 0.29) is 0 Å². The van der Waals surface area contributed by atoms with Gasteiger partial charge in [0.15, 0.2) is 0 Å². The largest absolute Gasteiger partial charge is 0.836 e. The molecule has 0 aliphatic heterocycles. The fraction of sp³-hybridized carbons (Fsp3) is 0.952. The zero-order valence-corrected chi connectivity index (χ0v) is 21.9. The Balaban J connectivity index is -0.000000710. The predicted octanol–water partition coefficient (Wildman–Crippen LogP) is 1.65. The van der Waals surface area contributed by atoms with Gasteiger partial charge in [-0.05, 0) is 41.5 Å². The number of Topliss-reactive ketones (excluding diaryl/α,β-unsaturated/α-hetero) is 1. The summed E-state index contributed by atoms with van der Waals surface area (Å²) in [6, 6.07) is 0. The van der Waals surface area contributed by atoms with Gasteiger partial charge in [-0.1, -0.05) is 0 Å². The highest BCUT2D eigenvalue weighted by Gasteiger charge is 2.65. The molecule has 0 aromatic heterocycles. The molecule has 0 spiro atoms. The van der Waals surface area contributed by atoms with Crippen LogP contribution in [0.4, 0.5) is 52.7 Å². The Morgan fingerprint density at radius 2 is 0.632 bits per heavy atom. The molecule has 0 aliphatic rings. The molecule has 0 radical (unpaired) electrons. The average molecular weight is 593 g/mol. The Labute approximate surface area is 213 Å². The molecule has 0 heterocycles. The van der Waals surface area contributed by atoms with Crippen LogP contribution >= 0.6 is 0 Å². The van der Waals surface area contributed by atoms with Gasteiger partial charge in [-0.2, -0.15) is 52.7 Å². The minimum atomic E-state index is -6.76. The van der Waals surface area contributed by atoms with Gasteiger partial charge in [-0.15, -0.1) is 0 Å². The summed E-state index contributed by atoms with van der Waals surface area (Å²) < 4.78 is 146. The van der Waals surface area contributed by atoms with E-state index in [1.807, 2.05) is 0 Å². The number of rotatable bonds is 10. The molecule has 232 valence electrons. The number of hydrogen-bond acceptors (Lipinski definition) is 3. The van der Waals surface area contributed by atoms with Gasteiger partial charge in [-0.25, -0.2) is 0 Å². The molecule has 5 nitrogen and oxygen atoms in total. The van der Waals surface area contributed by atoms with E-state index >= 15 is 0 Å². The molecule has 38 heavy (non-hydrogen) atoms. The van der Waals surface area contributed by atoms with Gasteiger partial charge in [0.2, 0.25) is 0 Å². The van der Waals surface area contributed by atoms with Crippen LogP contribution in [-0.4, -0.2) is 81.0 Å². The lowest BCUT2D eigenvalue weighted by molar-refractivity contribution is -0.894. The third-order valence-corrected chi connectivity index (χ3v) is 5.72. The highest BCUT2D eigenvalue weighted by Crippen LogP contribution is 2.46. The van der Waals surface area contributed by atoms with Crippen LogP contribution in [-0.2, 0) is 4.79 Å². The summed E-state index contributed by atoms with van der Waals surface area (Å²) in [7, 11) is 0. The maximum atomic E-state index is 12.2. The van der Waals surface area contributed by atoms with Gasteiger partial charge in [0.05, 0.1) is 50.5 Å². The maximum absolute atomic E-state index is 12.2.